The molecule has 0 bridgehead atoms. The van der Waals surface area contributed by atoms with Crippen LogP contribution in [0, 0.1) is 0 Å². The van der Waals surface area contributed by atoms with E-state index in [0.717, 1.165) is 5.56 Å². The Hall–Kier alpha value is -3.22. The molecule has 4 rings (SSSR count). The molecule has 0 saturated heterocycles. The smallest absolute Gasteiger partial charge is 0.420 e. The third-order valence-electron chi connectivity index (χ3n) is 4.59. The van der Waals surface area contributed by atoms with Crippen molar-refractivity contribution < 1.29 is 18.7 Å². The van der Waals surface area contributed by atoms with Crippen LogP contribution < -0.4 is 20.5 Å². The molecule has 7 nitrogen and oxygen atoms in total. The van der Waals surface area contributed by atoms with E-state index in [9.17, 15) is 9.59 Å². The first kappa shape index (κ1) is 17.2. The van der Waals surface area contributed by atoms with Crippen molar-refractivity contribution in [1.82, 2.24) is 9.88 Å². The van der Waals surface area contributed by atoms with E-state index in [1.807, 2.05) is 32.0 Å². The van der Waals surface area contributed by atoms with Crippen molar-refractivity contribution in [3.8, 4) is 11.5 Å². The molecule has 2 heterocycles. The van der Waals surface area contributed by atoms with E-state index >= 15 is 0 Å². The summed E-state index contributed by atoms with van der Waals surface area (Å²) in [7, 11) is 0. The summed E-state index contributed by atoms with van der Waals surface area (Å²) in [4.78, 5) is 24.7. The normalized spacial score (nSPS) is 13.6. The molecule has 0 aliphatic carbocycles. The van der Waals surface area contributed by atoms with Crippen LogP contribution in [0.5, 0.6) is 11.5 Å². The molecule has 1 aromatic heterocycles. The maximum absolute atomic E-state index is 12.6. The number of oxazole rings is 1. The first-order chi connectivity index (χ1) is 12.9. The van der Waals surface area contributed by atoms with E-state index in [4.69, 9.17) is 13.9 Å². The standard InChI is InChI=1S/C20H20N2O5/c1-20(2,13-7-8-16-17(11-13)26-10-9-25-16)21-18(23)12-22-14-5-3-4-6-15(14)27-19(22)24/h3-8,11H,9-10,12H2,1-2H3,(H,21,23). The SMILES string of the molecule is CC(C)(NC(=O)Cn1c(=O)oc2ccccc21)c1ccc2c(c1)OCCO2. The van der Waals surface area contributed by atoms with Gasteiger partial charge in [-0.25, -0.2) is 4.79 Å². The van der Waals surface area contributed by atoms with Gasteiger partial charge in [-0.3, -0.25) is 9.36 Å². The molecule has 0 fully saturated rings. The number of fused-ring (bicyclic) bond motifs is 2. The Morgan fingerprint density at radius 1 is 1.11 bits per heavy atom. The predicted molar refractivity (Wildman–Crippen MR) is 99.1 cm³/mol. The average Bonchev–Trinajstić information content (AvgIpc) is 2.96. The maximum atomic E-state index is 12.6. The predicted octanol–water partition coefficient (Wildman–Crippen LogP) is 2.42. The summed E-state index contributed by atoms with van der Waals surface area (Å²) in [5.74, 6) is 0.522. The Morgan fingerprint density at radius 3 is 2.67 bits per heavy atom. The topological polar surface area (TPSA) is 82.7 Å². The average molecular weight is 368 g/mol. The second-order valence-corrected chi connectivity index (χ2v) is 6.95. The summed E-state index contributed by atoms with van der Waals surface area (Å²) < 4.78 is 17.7. The summed E-state index contributed by atoms with van der Waals surface area (Å²) in [6.45, 7) is 4.70. The fourth-order valence-corrected chi connectivity index (χ4v) is 3.20. The molecule has 1 N–H and O–H groups in total. The minimum Gasteiger partial charge on any atom is -0.486 e. The zero-order valence-electron chi connectivity index (χ0n) is 15.2. The van der Waals surface area contributed by atoms with Crippen molar-refractivity contribution in [3.05, 3.63) is 58.6 Å². The van der Waals surface area contributed by atoms with Gasteiger partial charge >= 0.3 is 5.76 Å². The monoisotopic (exact) mass is 368 g/mol. The van der Waals surface area contributed by atoms with Crippen LogP contribution in [-0.2, 0) is 16.9 Å². The highest BCUT2D eigenvalue weighted by Crippen LogP contribution is 2.34. The van der Waals surface area contributed by atoms with Crippen molar-refractivity contribution in [3.63, 3.8) is 0 Å². The number of hydrogen-bond acceptors (Lipinski definition) is 5. The van der Waals surface area contributed by atoms with E-state index in [1.54, 1.807) is 24.3 Å². The highest BCUT2D eigenvalue weighted by Gasteiger charge is 2.26. The van der Waals surface area contributed by atoms with Gasteiger partial charge in [0.05, 0.1) is 11.1 Å². The molecule has 0 saturated carbocycles. The molecule has 0 radical (unpaired) electrons. The number of para-hydroxylation sites is 2. The molecule has 1 aliphatic heterocycles. The fraction of sp³-hybridized carbons (Fsp3) is 0.300. The second kappa shape index (κ2) is 6.50. The number of hydrogen-bond donors (Lipinski definition) is 1. The van der Waals surface area contributed by atoms with Gasteiger partial charge in [-0.2, -0.15) is 0 Å². The maximum Gasteiger partial charge on any atom is 0.420 e. The number of rotatable bonds is 4. The molecule has 0 unspecified atom stereocenters. The van der Waals surface area contributed by atoms with Crippen LogP contribution in [0.2, 0.25) is 0 Å². The first-order valence-corrected chi connectivity index (χ1v) is 8.73. The highest BCUT2D eigenvalue weighted by molar-refractivity contribution is 5.80. The van der Waals surface area contributed by atoms with Crippen molar-refractivity contribution in [2.45, 2.75) is 25.9 Å². The van der Waals surface area contributed by atoms with E-state index in [1.165, 1.54) is 4.57 Å². The number of benzene rings is 2. The first-order valence-electron chi connectivity index (χ1n) is 8.73. The third kappa shape index (κ3) is 3.28. The van der Waals surface area contributed by atoms with Crippen LogP contribution >= 0.6 is 0 Å². The Morgan fingerprint density at radius 2 is 1.85 bits per heavy atom. The van der Waals surface area contributed by atoms with E-state index in [0.29, 0.717) is 35.8 Å². The number of amides is 1. The number of nitrogens with one attached hydrogen (secondary N) is 1. The quantitative estimate of drug-likeness (QED) is 0.765. The van der Waals surface area contributed by atoms with Gasteiger partial charge in [0.25, 0.3) is 0 Å². The zero-order valence-corrected chi connectivity index (χ0v) is 15.2. The van der Waals surface area contributed by atoms with Gasteiger partial charge in [-0.05, 0) is 43.7 Å². The zero-order chi connectivity index (χ0) is 19.0. The van der Waals surface area contributed by atoms with Crippen LogP contribution in [0.4, 0.5) is 0 Å². The van der Waals surface area contributed by atoms with Crippen LogP contribution in [0.25, 0.3) is 11.1 Å². The Bertz CT molecular complexity index is 1060. The lowest BCUT2D eigenvalue weighted by molar-refractivity contribution is -0.123. The van der Waals surface area contributed by atoms with E-state index in [2.05, 4.69) is 5.32 Å². The molecule has 1 aliphatic rings. The van der Waals surface area contributed by atoms with Crippen LogP contribution in [-0.4, -0.2) is 23.7 Å². The number of carbonyl (C=O) groups excluding carboxylic acids is 1. The minimum absolute atomic E-state index is 0.121. The number of nitrogens with zero attached hydrogens (tertiary/aromatic N) is 1. The Labute approximate surface area is 155 Å². The molecule has 27 heavy (non-hydrogen) atoms. The van der Waals surface area contributed by atoms with Crippen molar-refractivity contribution >= 4 is 17.0 Å². The van der Waals surface area contributed by atoms with Gasteiger partial charge in [-0.1, -0.05) is 18.2 Å². The lowest BCUT2D eigenvalue weighted by Crippen LogP contribution is -2.43. The Balaban J connectivity index is 1.54. The summed E-state index contributed by atoms with van der Waals surface area (Å²) in [5, 5.41) is 2.97. The van der Waals surface area contributed by atoms with E-state index < -0.39 is 11.3 Å². The summed E-state index contributed by atoms with van der Waals surface area (Å²) in [6, 6.07) is 12.6. The molecule has 1 amide bonds. The van der Waals surface area contributed by atoms with Gasteiger partial charge in [0, 0.05) is 0 Å². The second-order valence-electron chi connectivity index (χ2n) is 6.95. The summed E-state index contributed by atoms with van der Waals surface area (Å²) in [6.07, 6.45) is 0. The number of ether oxygens (including phenoxy) is 2. The van der Waals surface area contributed by atoms with Crippen LogP contribution in [0.1, 0.15) is 19.4 Å². The summed E-state index contributed by atoms with van der Waals surface area (Å²) >= 11 is 0. The van der Waals surface area contributed by atoms with Gasteiger partial charge in [0.2, 0.25) is 5.91 Å². The molecular formula is C20H20N2O5. The van der Waals surface area contributed by atoms with Gasteiger partial charge in [-0.15, -0.1) is 0 Å². The van der Waals surface area contributed by atoms with Crippen LogP contribution in [0.3, 0.4) is 0 Å². The molecular weight excluding hydrogens is 348 g/mol. The van der Waals surface area contributed by atoms with Gasteiger partial charge in [0.1, 0.15) is 19.8 Å². The fourth-order valence-electron chi connectivity index (χ4n) is 3.20. The van der Waals surface area contributed by atoms with Gasteiger partial charge in [0.15, 0.2) is 17.1 Å². The van der Waals surface area contributed by atoms with Crippen molar-refractivity contribution in [2.75, 3.05) is 13.2 Å². The largest absolute Gasteiger partial charge is 0.486 e. The van der Waals surface area contributed by atoms with Crippen LogP contribution in [0.15, 0.2) is 51.7 Å². The summed E-state index contributed by atoms with van der Waals surface area (Å²) in [5.41, 5.74) is 1.27. The number of carbonyl (C=O) groups is 1. The van der Waals surface area contributed by atoms with Crippen molar-refractivity contribution in [2.24, 2.45) is 0 Å². The minimum atomic E-state index is -0.657. The molecule has 2 aromatic carbocycles. The lowest BCUT2D eigenvalue weighted by Gasteiger charge is -2.28. The Kier molecular flexibility index (Phi) is 4.14. The molecule has 140 valence electrons. The highest BCUT2D eigenvalue weighted by atomic mass is 16.6. The van der Waals surface area contributed by atoms with E-state index in [-0.39, 0.29) is 12.5 Å². The molecule has 3 aromatic rings. The molecule has 7 heteroatoms. The third-order valence-corrected chi connectivity index (χ3v) is 4.59. The molecule has 0 spiro atoms. The lowest BCUT2D eigenvalue weighted by atomic mass is 9.93. The van der Waals surface area contributed by atoms with Crippen molar-refractivity contribution in [1.29, 1.82) is 0 Å². The van der Waals surface area contributed by atoms with Gasteiger partial charge < -0.3 is 19.2 Å². The molecule has 0 atom stereocenters. The number of aromatic nitrogens is 1.